The van der Waals surface area contributed by atoms with Crippen LogP contribution in [0.2, 0.25) is 0 Å². The van der Waals surface area contributed by atoms with E-state index in [1.165, 1.54) is 9.13 Å². The Labute approximate surface area is 262 Å². The molecule has 41 heavy (non-hydrogen) atoms. The van der Waals surface area contributed by atoms with E-state index >= 15 is 0 Å². The van der Waals surface area contributed by atoms with Gasteiger partial charge in [0.25, 0.3) is 0 Å². The van der Waals surface area contributed by atoms with E-state index in [1.807, 2.05) is 59.2 Å². The highest BCUT2D eigenvalue weighted by atomic mass is 127. The van der Waals surface area contributed by atoms with Crippen molar-refractivity contribution in [3.05, 3.63) is 97.3 Å². The van der Waals surface area contributed by atoms with Gasteiger partial charge in [-0.3, -0.25) is 14.2 Å². The van der Waals surface area contributed by atoms with Gasteiger partial charge in [-0.1, -0.05) is 30.4 Å². The smallest absolute Gasteiger partial charge is 0.197 e. The number of fused-ring (bicyclic) bond motifs is 3. The first-order valence-corrected chi connectivity index (χ1v) is 16.7. The fourth-order valence-corrected chi connectivity index (χ4v) is 9.24. The second-order valence-corrected chi connectivity index (χ2v) is 14.1. The van der Waals surface area contributed by atoms with Gasteiger partial charge in [-0.2, -0.15) is 0 Å². The molecule has 0 saturated heterocycles. The van der Waals surface area contributed by atoms with Crippen LogP contribution in [0.15, 0.2) is 60.2 Å². The van der Waals surface area contributed by atoms with E-state index < -0.39 is 0 Å². The SMILES string of the molecule is Cc1c(P)c(P)c(-c2nc3c(cc(/C=C4\C(=O)c5cc6c(cc5C4=O)CCC=C6)n3-c3ccccc3)s2)c(P)c1I. The lowest BCUT2D eigenvalue weighted by atomic mass is 9.93. The van der Waals surface area contributed by atoms with Gasteiger partial charge in [-0.15, -0.1) is 39.1 Å². The molecule has 7 rings (SSSR count). The zero-order chi connectivity index (χ0) is 28.6. The number of benzene rings is 3. The fourth-order valence-electron chi connectivity index (χ4n) is 5.63. The molecule has 2 aromatic heterocycles. The average molecular weight is 720 g/mol. The normalized spacial score (nSPS) is 15.3. The van der Waals surface area contributed by atoms with Gasteiger partial charge in [-0.25, -0.2) is 4.98 Å². The van der Waals surface area contributed by atoms with E-state index in [-0.39, 0.29) is 17.1 Å². The summed E-state index contributed by atoms with van der Waals surface area (Å²) in [6.07, 6.45) is 7.74. The second kappa shape index (κ2) is 10.4. The Balaban J connectivity index is 1.40. The first-order valence-electron chi connectivity index (χ1n) is 13.1. The number of ketones is 2. The number of aryl methyl sites for hydroxylation is 1. The zero-order valence-electron chi connectivity index (χ0n) is 22.0. The Hall–Kier alpha value is -2.33. The summed E-state index contributed by atoms with van der Waals surface area (Å²) in [5.41, 5.74) is 8.18. The summed E-state index contributed by atoms with van der Waals surface area (Å²) in [6, 6.07) is 15.8. The number of rotatable bonds is 3. The molecule has 0 bridgehead atoms. The second-order valence-electron chi connectivity index (χ2n) is 10.3. The lowest BCUT2D eigenvalue weighted by Gasteiger charge is -2.15. The maximum Gasteiger partial charge on any atom is 0.197 e. The minimum absolute atomic E-state index is 0.203. The third kappa shape index (κ3) is 4.37. The van der Waals surface area contributed by atoms with Crippen molar-refractivity contribution in [3.8, 4) is 16.3 Å². The number of hydrogen-bond donors (Lipinski definition) is 0. The molecule has 202 valence electrons. The van der Waals surface area contributed by atoms with Gasteiger partial charge in [-0.05, 0) is 111 Å². The molecule has 2 aliphatic carbocycles. The molecule has 5 aromatic rings. The zero-order valence-corrected chi connectivity index (χ0v) is 28.4. The maximum atomic E-state index is 13.6. The fraction of sp³-hybridized carbons (Fsp3) is 0.0938. The molecule has 0 radical (unpaired) electrons. The van der Waals surface area contributed by atoms with Crippen LogP contribution in [0.3, 0.4) is 0 Å². The molecule has 0 N–H and O–H groups in total. The Morgan fingerprint density at radius 2 is 1.71 bits per heavy atom. The van der Waals surface area contributed by atoms with Crippen molar-refractivity contribution < 1.29 is 9.59 Å². The molecule has 4 nitrogen and oxygen atoms in total. The van der Waals surface area contributed by atoms with Crippen molar-refractivity contribution in [3.63, 3.8) is 0 Å². The molecule has 0 aliphatic heterocycles. The van der Waals surface area contributed by atoms with Crippen molar-refractivity contribution in [2.45, 2.75) is 19.8 Å². The number of nitrogens with zero attached hydrogens (tertiary/aromatic N) is 2. The lowest BCUT2D eigenvalue weighted by Crippen LogP contribution is -2.25. The number of carbonyl (C=O) groups is 2. The number of allylic oxidation sites excluding steroid dienone is 2. The van der Waals surface area contributed by atoms with Crippen LogP contribution in [-0.2, 0) is 6.42 Å². The first-order chi connectivity index (χ1) is 19.7. The maximum absolute atomic E-state index is 13.6. The standard InChI is InChI=1S/C32H24IN2O2P3S/c1-15-25(33)29(39)24(30(40)28(15)38)32-34-31-23(41-32)14-19(35(31)18-9-3-2-4-10-18)13-22-26(36)20-11-16-7-5-6-8-17(16)12-21(20)27(22)37/h2-5,7,9-14H,6,8,38-40H2,1H3/b22-13+. The van der Waals surface area contributed by atoms with Gasteiger partial charge >= 0.3 is 0 Å². The molecule has 0 spiro atoms. The first kappa shape index (κ1) is 27.5. The number of Topliss-reactive ketones (excluding diaryl/α,β-unsaturated/α-hetero) is 2. The molecular formula is C32H24IN2O2P3S. The summed E-state index contributed by atoms with van der Waals surface area (Å²) in [6.45, 7) is 2.13. The molecule has 0 fully saturated rings. The van der Waals surface area contributed by atoms with E-state index in [1.54, 1.807) is 17.4 Å². The van der Waals surface area contributed by atoms with Crippen LogP contribution in [0.5, 0.6) is 0 Å². The topological polar surface area (TPSA) is 52.0 Å². The number of thiazole rings is 1. The van der Waals surface area contributed by atoms with E-state index in [4.69, 9.17) is 4.98 Å². The molecule has 3 atom stereocenters. The summed E-state index contributed by atoms with van der Waals surface area (Å²) < 4.78 is 4.23. The number of aromatic nitrogens is 2. The Bertz CT molecular complexity index is 2010. The highest BCUT2D eigenvalue weighted by molar-refractivity contribution is 14.1. The van der Waals surface area contributed by atoms with Crippen LogP contribution in [0, 0.1) is 10.5 Å². The van der Waals surface area contributed by atoms with Crippen LogP contribution >= 0.6 is 61.6 Å². The van der Waals surface area contributed by atoms with Gasteiger partial charge < -0.3 is 0 Å². The van der Waals surface area contributed by atoms with E-state index in [2.05, 4.69) is 63.3 Å². The van der Waals surface area contributed by atoms with Gasteiger partial charge in [0.1, 0.15) is 5.01 Å². The molecule has 9 heteroatoms. The van der Waals surface area contributed by atoms with Gasteiger partial charge in [0.05, 0.1) is 16.0 Å². The molecule has 2 heterocycles. The highest BCUT2D eigenvalue weighted by Crippen LogP contribution is 2.37. The summed E-state index contributed by atoms with van der Waals surface area (Å²) in [4.78, 5) is 32.3. The van der Waals surface area contributed by atoms with Crippen molar-refractivity contribution in [1.82, 2.24) is 9.55 Å². The van der Waals surface area contributed by atoms with Crippen LogP contribution in [0.4, 0.5) is 0 Å². The highest BCUT2D eigenvalue weighted by Gasteiger charge is 2.35. The van der Waals surface area contributed by atoms with E-state index in [0.717, 1.165) is 72.2 Å². The summed E-state index contributed by atoms with van der Waals surface area (Å²) in [7, 11) is 8.65. The molecule has 3 aromatic carbocycles. The average Bonchev–Trinajstić information content (AvgIpc) is 3.60. The van der Waals surface area contributed by atoms with Crippen molar-refractivity contribution in [2.75, 3.05) is 0 Å². The van der Waals surface area contributed by atoms with Crippen molar-refractivity contribution in [2.24, 2.45) is 0 Å². The predicted octanol–water partition coefficient (Wildman–Crippen LogP) is 6.59. The lowest BCUT2D eigenvalue weighted by molar-refractivity contribution is 0.0990. The van der Waals surface area contributed by atoms with Gasteiger partial charge in [0.15, 0.2) is 17.2 Å². The quantitative estimate of drug-likeness (QED) is 0.0916. The Morgan fingerprint density at radius 3 is 2.46 bits per heavy atom. The number of para-hydroxylation sites is 1. The number of carbonyl (C=O) groups excluding carboxylic acids is 2. The van der Waals surface area contributed by atoms with Gasteiger partial charge in [0.2, 0.25) is 0 Å². The molecule has 0 saturated carbocycles. The van der Waals surface area contributed by atoms with E-state index in [0.29, 0.717) is 11.1 Å². The van der Waals surface area contributed by atoms with Crippen LogP contribution in [0.25, 0.3) is 38.8 Å². The molecular weight excluding hydrogens is 696 g/mol. The Morgan fingerprint density at radius 1 is 0.976 bits per heavy atom. The third-order valence-corrected chi connectivity index (χ3v) is 13.1. The summed E-state index contributed by atoms with van der Waals surface area (Å²) in [5, 5.41) is 4.32. The monoisotopic (exact) mass is 720 g/mol. The van der Waals surface area contributed by atoms with Crippen LogP contribution in [-0.4, -0.2) is 21.1 Å². The Kier molecular flexibility index (Phi) is 7.00. The number of hydrogen-bond acceptors (Lipinski definition) is 4. The van der Waals surface area contributed by atoms with Crippen molar-refractivity contribution in [1.29, 1.82) is 0 Å². The predicted molar refractivity (Wildman–Crippen MR) is 190 cm³/mol. The molecule has 0 amide bonds. The number of halogens is 1. The third-order valence-electron chi connectivity index (χ3n) is 7.84. The summed E-state index contributed by atoms with van der Waals surface area (Å²) in [5.74, 6) is -0.422. The molecule has 3 unspecified atom stereocenters. The summed E-state index contributed by atoms with van der Waals surface area (Å²) >= 11 is 4.02. The minimum atomic E-state index is -0.216. The minimum Gasteiger partial charge on any atom is -0.294 e. The van der Waals surface area contributed by atoms with E-state index in [9.17, 15) is 9.59 Å². The van der Waals surface area contributed by atoms with Crippen molar-refractivity contribution >= 4 is 112 Å². The van der Waals surface area contributed by atoms with Gasteiger partial charge in [0, 0.05) is 25.9 Å². The molecule has 2 aliphatic rings. The largest absolute Gasteiger partial charge is 0.294 e. The van der Waals surface area contributed by atoms with Crippen LogP contribution < -0.4 is 15.9 Å². The van der Waals surface area contributed by atoms with Crippen LogP contribution in [0.1, 0.15) is 49.5 Å².